The molecule has 0 heterocycles. The molecule has 140 valence electrons. The average molecular weight is 449 g/mol. The molecule has 0 amide bonds. The lowest BCUT2D eigenvalue weighted by Gasteiger charge is -2.15. The zero-order valence-electron chi connectivity index (χ0n) is 14.7. The average Bonchev–Trinajstić information content (AvgIpc) is 2.68. The number of halogens is 2. The Morgan fingerprint density at radius 3 is 2.44 bits per heavy atom. The molecular formula is C21H19BrClNO3. The minimum atomic E-state index is 0.239. The van der Waals surface area contributed by atoms with Crippen LogP contribution in [0.2, 0.25) is 5.02 Å². The molecule has 27 heavy (non-hydrogen) atoms. The van der Waals surface area contributed by atoms with E-state index < -0.39 is 0 Å². The van der Waals surface area contributed by atoms with Gasteiger partial charge in [-0.25, -0.2) is 0 Å². The number of phenolic OH excluding ortho intramolecular Hbond substituents is 1. The van der Waals surface area contributed by atoms with E-state index in [0.717, 1.165) is 21.3 Å². The first-order valence-corrected chi connectivity index (χ1v) is 9.49. The van der Waals surface area contributed by atoms with Crippen molar-refractivity contribution in [3.8, 4) is 17.2 Å². The topological polar surface area (TPSA) is 50.7 Å². The largest absolute Gasteiger partial charge is 0.508 e. The molecule has 3 aromatic rings. The van der Waals surface area contributed by atoms with Crippen LogP contribution in [0.4, 0.5) is 5.69 Å². The maximum Gasteiger partial charge on any atom is 0.162 e. The molecule has 0 fully saturated rings. The first kappa shape index (κ1) is 19.4. The molecule has 3 aromatic carbocycles. The molecule has 0 saturated heterocycles. The highest BCUT2D eigenvalue weighted by molar-refractivity contribution is 9.10. The third-order valence-corrected chi connectivity index (χ3v) is 5.13. The van der Waals surface area contributed by atoms with Gasteiger partial charge in [0.2, 0.25) is 0 Å². The van der Waals surface area contributed by atoms with Crippen molar-refractivity contribution >= 4 is 33.2 Å². The molecule has 0 aliphatic heterocycles. The predicted octanol–water partition coefficient (Wildman–Crippen LogP) is 6.01. The second-order valence-electron chi connectivity index (χ2n) is 5.87. The van der Waals surface area contributed by atoms with Gasteiger partial charge in [0, 0.05) is 27.3 Å². The summed E-state index contributed by atoms with van der Waals surface area (Å²) in [5.74, 6) is 1.52. The van der Waals surface area contributed by atoms with Crippen LogP contribution in [-0.4, -0.2) is 12.2 Å². The first-order chi connectivity index (χ1) is 13.1. The summed E-state index contributed by atoms with van der Waals surface area (Å²) in [6, 6.07) is 18.3. The lowest BCUT2D eigenvalue weighted by molar-refractivity contribution is 0.284. The van der Waals surface area contributed by atoms with E-state index in [-0.39, 0.29) is 5.75 Å². The Labute approximate surface area is 171 Å². The molecular weight excluding hydrogens is 430 g/mol. The summed E-state index contributed by atoms with van der Waals surface area (Å²) >= 11 is 9.78. The van der Waals surface area contributed by atoms with Gasteiger partial charge in [-0.15, -0.1) is 0 Å². The molecule has 0 aliphatic carbocycles. The Morgan fingerprint density at radius 2 is 1.74 bits per heavy atom. The SMILES string of the molecule is COc1cc(CNc2ccc(O)cc2)c(Br)cc1OCc1ccccc1Cl. The summed E-state index contributed by atoms with van der Waals surface area (Å²) in [5.41, 5.74) is 2.85. The van der Waals surface area contributed by atoms with Gasteiger partial charge in [0.1, 0.15) is 12.4 Å². The van der Waals surface area contributed by atoms with Crippen LogP contribution in [0, 0.1) is 0 Å². The fourth-order valence-electron chi connectivity index (χ4n) is 2.53. The van der Waals surface area contributed by atoms with Crippen LogP contribution in [0.15, 0.2) is 65.1 Å². The van der Waals surface area contributed by atoms with Crippen LogP contribution >= 0.6 is 27.5 Å². The van der Waals surface area contributed by atoms with Crippen LogP contribution < -0.4 is 14.8 Å². The van der Waals surface area contributed by atoms with Gasteiger partial charge in [0.15, 0.2) is 11.5 Å². The highest BCUT2D eigenvalue weighted by Gasteiger charge is 2.11. The molecule has 0 saturated carbocycles. The monoisotopic (exact) mass is 447 g/mol. The number of hydrogen-bond donors (Lipinski definition) is 2. The van der Waals surface area contributed by atoms with E-state index in [1.54, 1.807) is 19.2 Å². The Morgan fingerprint density at radius 1 is 1.00 bits per heavy atom. The first-order valence-electron chi connectivity index (χ1n) is 8.32. The lowest BCUT2D eigenvalue weighted by atomic mass is 10.2. The molecule has 0 aromatic heterocycles. The third kappa shape index (κ3) is 5.08. The van der Waals surface area contributed by atoms with Crippen molar-refractivity contribution < 1.29 is 14.6 Å². The molecule has 0 bridgehead atoms. The summed E-state index contributed by atoms with van der Waals surface area (Å²) < 4.78 is 12.3. The molecule has 0 atom stereocenters. The minimum Gasteiger partial charge on any atom is -0.508 e. The van der Waals surface area contributed by atoms with E-state index in [9.17, 15) is 5.11 Å². The minimum absolute atomic E-state index is 0.239. The highest BCUT2D eigenvalue weighted by atomic mass is 79.9. The summed E-state index contributed by atoms with van der Waals surface area (Å²) in [5, 5.41) is 13.3. The van der Waals surface area contributed by atoms with Crippen molar-refractivity contribution in [3.63, 3.8) is 0 Å². The van der Waals surface area contributed by atoms with E-state index in [1.807, 2.05) is 48.5 Å². The molecule has 0 radical (unpaired) electrons. The highest BCUT2D eigenvalue weighted by Crippen LogP contribution is 2.35. The van der Waals surface area contributed by atoms with Crippen molar-refractivity contribution in [2.45, 2.75) is 13.2 Å². The zero-order valence-corrected chi connectivity index (χ0v) is 17.0. The van der Waals surface area contributed by atoms with Gasteiger partial charge in [-0.05, 0) is 48.0 Å². The van der Waals surface area contributed by atoms with E-state index >= 15 is 0 Å². The van der Waals surface area contributed by atoms with Gasteiger partial charge in [0.05, 0.1) is 7.11 Å². The Bertz CT molecular complexity index is 916. The lowest BCUT2D eigenvalue weighted by Crippen LogP contribution is -2.03. The molecule has 4 nitrogen and oxygen atoms in total. The number of nitrogens with one attached hydrogen (secondary N) is 1. The van der Waals surface area contributed by atoms with Crippen LogP contribution in [-0.2, 0) is 13.2 Å². The number of rotatable bonds is 7. The second-order valence-corrected chi connectivity index (χ2v) is 7.14. The van der Waals surface area contributed by atoms with E-state index in [1.165, 1.54) is 0 Å². The number of ether oxygens (including phenoxy) is 2. The predicted molar refractivity (Wildman–Crippen MR) is 112 cm³/mol. The Balaban J connectivity index is 1.72. The number of phenols is 1. The van der Waals surface area contributed by atoms with Gasteiger partial charge >= 0.3 is 0 Å². The molecule has 6 heteroatoms. The number of hydrogen-bond acceptors (Lipinski definition) is 4. The fraction of sp³-hybridized carbons (Fsp3) is 0.143. The van der Waals surface area contributed by atoms with Gasteiger partial charge in [-0.1, -0.05) is 45.7 Å². The van der Waals surface area contributed by atoms with Crippen molar-refractivity contribution in [2.75, 3.05) is 12.4 Å². The van der Waals surface area contributed by atoms with E-state index in [4.69, 9.17) is 21.1 Å². The maximum absolute atomic E-state index is 9.36. The van der Waals surface area contributed by atoms with Crippen molar-refractivity contribution in [3.05, 3.63) is 81.3 Å². The van der Waals surface area contributed by atoms with Crippen molar-refractivity contribution in [1.82, 2.24) is 0 Å². The van der Waals surface area contributed by atoms with Crippen LogP contribution in [0.5, 0.6) is 17.2 Å². The third-order valence-electron chi connectivity index (χ3n) is 4.02. The zero-order chi connectivity index (χ0) is 19.2. The van der Waals surface area contributed by atoms with E-state index in [2.05, 4.69) is 21.2 Å². The van der Waals surface area contributed by atoms with Crippen molar-refractivity contribution in [1.29, 1.82) is 0 Å². The number of anilines is 1. The Kier molecular flexibility index (Phi) is 6.48. The van der Waals surface area contributed by atoms with Gasteiger partial charge in [-0.3, -0.25) is 0 Å². The summed E-state index contributed by atoms with van der Waals surface area (Å²) in [4.78, 5) is 0. The number of aromatic hydroxyl groups is 1. The summed E-state index contributed by atoms with van der Waals surface area (Å²) in [7, 11) is 1.61. The quantitative estimate of drug-likeness (QED) is 0.435. The summed E-state index contributed by atoms with van der Waals surface area (Å²) in [6.07, 6.45) is 0. The molecule has 0 spiro atoms. The Hall–Kier alpha value is -2.37. The van der Waals surface area contributed by atoms with E-state index in [0.29, 0.717) is 29.7 Å². The van der Waals surface area contributed by atoms with Crippen LogP contribution in [0.3, 0.4) is 0 Å². The van der Waals surface area contributed by atoms with Gasteiger partial charge in [0.25, 0.3) is 0 Å². The van der Waals surface area contributed by atoms with Gasteiger partial charge in [-0.2, -0.15) is 0 Å². The summed E-state index contributed by atoms with van der Waals surface area (Å²) in [6.45, 7) is 0.945. The fourth-order valence-corrected chi connectivity index (χ4v) is 3.19. The van der Waals surface area contributed by atoms with Crippen LogP contribution in [0.1, 0.15) is 11.1 Å². The second kappa shape index (κ2) is 9.02. The molecule has 3 rings (SSSR count). The smallest absolute Gasteiger partial charge is 0.162 e. The molecule has 0 aliphatic rings. The number of benzene rings is 3. The van der Waals surface area contributed by atoms with Crippen LogP contribution in [0.25, 0.3) is 0 Å². The van der Waals surface area contributed by atoms with Crippen molar-refractivity contribution in [2.24, 2.45) is 0 Å². The molecule has 0 unspecified atom stereocenters. The molecule has 2 N–H and O–H groups in total. The number of methoxy groups -OCH3 is 1. The normalized spacial score (nSPS) is 10.5. The standard InChI is InChI=1S/C21H19BrClNO3/c1-26-20-10-15(12-24-16-6-8-17(25)9-7-16)18(22)11-21(20)27-13-14-4-2-3-5-19(14)23/h2-11,24-25H,12-13H2,1H3. The maximum atomic E-state index is 9.36. The van der Waals surface area contributed by atoms with Gasteiger partial charge < -0.3 is 19.9 Å².